The van der Waals surface area contributed by atoms with Gasteiger partial charge in [0.15, 0.2) is 0 Å². The molecule has 0 saturated carbocycles. The van der Waals surface area contributed by atoms with Crippen LogP contribution in [0.15, 0.2) is 0 Å². The third-order valence-corrected chi connectivity index (χ3v) is 1.44. The highest BCUT2D eigenvalue weighted by Crippen LogP contribution is 2.01. The first-order chi connectivity index (χ1) is 5.49. The fourth-order valence-corrected chi connectivity index (χ4v) is 0.640. The van der Waals surface area contributed by atoms with E-state index < -0.39 is 30.8 Å². The molecule has 0 saturated heterocycles. The number of carboxylic acids is 1. The molecule has 0 aliphatic rings. The van der Waals surface area contributed by atoms with E-state index in [-0.39, 0.29) is 6.42 Å². The summed E-state index contributed by atoms with van der Waals surface area (Å²) in [6.07, 6.45) is -2.92. The summed E-state index contributed by atoms with van der Waals surface area (Å²) in [5.41, 5.74) is 5.06. The Kier molecular flexibility index (Phi) is 4.75. The van der Waals surface area contributed by atoms with Crippen molar-refractivity contribution in [1.29, 1.82) is 0 Å². The summed E-state index contributed by atoms with van der Waals surface area (Å²) in [7, 11) is 0. The van der Waals surface area contributed by atoms with E-state index in [1.807, 2.05) is 0 Å². The van der Waals surface area contributed by atoms with Gasteiger partial charge in [0.2, 0.25) is 0 Å². The normalized spacial score (nSPS) is 18.3. The van der Waals surface area contributed by atoms with Crippen LogP contribution >= 0.6 is 0 Å². The van der Waals surface area contributed by atoms with Gasteiger partial charge in [0.05, 0.1) is 12.7 Å². The van der Waals surface area contributed by atoms with Gasteiger partial charge in [-0.25, -0.2) is 0 Å². The maximum Gasteiger partial charge on any atom is 0.320 e. The lowest BCUT2D eigenvalue weighted by atomic mass is 10.1. The molecule has 2 unspecified atom stereocenters. The molecule has 3 atom stereocenters. The minimum absolute atomic E-state index is 0.281. The predicted molar refractivity (Wildman–Crippen MR) is 39.3 cm³/mol. The molecule has 0 bridgehead atoms. The summed E-state index contributed by atoms with van der Waals surface area (Å²) in [6.45, 7) is -0.618. The van der Waals surface area contributed by atoms with Crippen molar-refractivity contribution in [2.75, 3.05) is 6.61 Å². The Morgan fingerprint density at radius 2 is 1.83 bits per heavy atom. The molecular weight excluding hydrogens is 166 g/mol. The molecule has 72 valence electrons. The van der Waals surface area contributed by atoms with E-state index in [0.29, 0.717) is 0 Å². The number of hydrogen-bond acceptors (Lipinski definition) is 5. The lowest BCUT2D eigenvalue weighted by Gasteiger charge is -2.16. The van der Waals surface area contributed by atoms with Crippen molar-refractivity contribution >= 4 is 5.97 Å². The van der Waals surface area contributed by atoms with Crippen molar-refractivity contribution in [1.82, 2.24) is 0 Å². The summed E-state index contributed by atoms with van der Waals surface area (Å²) in [4.78, 5) is 10.2. The molecule has 0 aromatic rings. The second-order valence-electron chi connectivity index (χ2n) is 2.50. The Morgan fingerprint density at radius 1 is 1.33 bits per heavy atom. The van der Waals surface area contributed by atoms with Gasteiger partial charge in [-0.3, -0.25) is 4.79 Å². The van der Waals surface area contributed by atoms with E-state index in [2.05, 4.69) is 0 Å². The monoisotopic (exact) mass is 179 g/mol. The maximum atomic E-state index is 10.2. The Balaban J connectivity index is 3.83. The van der Waals surface area contributed by atoms with Gasteiger partial charge in [-0.1, -0.05) is 0 Å². The van der Waals surface area contributed by atoms with Gasteiger partial charge in [-0.15, -0.1) is 0 Å². The molecule has 0 aromatic carbocycles. The smallest absolute Gasteiger partial charge is 0.320 e. The molecule has 0 aromatic heterocycles. The van der Waals surface area contributed by atoms with Gasteiger partial charge in [-0.05, 0) is 0 Å². The summed E-state index contributed by atoms with van der Waals surface area (Å²) in [5, 5.41) is 34.5. The fourth-order valence-electron chi connectivity index (χ4n) is 0.640. The summed E-state index contributed by atoms with van der Waals surface area (Å²) < 4.78 is 0. The van der Waals surface area contributed by atoms with Crippen molar-refractivity contribution in [3.05, 3.63) is 0 Å². The third kappa shape index (κ3) is 3.63. The summed E-state index contributed by atoms with van der Waals surface area (Å²) in [5.74, 6) is -1.25. The van der Waals surface area contributed by atoms with Crippen molar-refractivity contribution in [2.45, 2.75) is 24.7 Å². The van der Waals surface area contributed by atoms with E-state index in [4.69, 9.17) is 26.2 Å². The van der Waals surface area contributed by atoms with Crippen LogP contribution < -0.4 is 5.73 Å². The zero-order valence-corrected chi connectivity index (χ0v) is 6.42. The van der Waals surface area contributed by atoms with Crippen molar-refractivity contribution < 1.29 is 25.2 Å². The van der Waals surface area contributed by atoms with Gasteiger partial charge in [0.1, 0.15) is 12.1 Å². The van der Waals surface area contributed by atoms with Crippen LogP contribution in [0.2, 0.25) is 0 Å². The van der Waals surface area contributed by atoms with Crippen molar-refractivity contribution in [2.24, 2.45) is 5.73 Å². The largest absolute Gasteiger partial charge is 0.480 e. The first-order valence-electron chi connectivity index (χ1n) is 3.44. The molecule has 0 radical (unpaired) electrons. The molecule has 0 spiro atoms. The van der Waals surface area contributed by atoms with Gasteiger partial charge >= 0.3 is 5.97 Å². The first kappa shape index (κ1) is 11.3. The lowest BCUT2D eigenvalue weighted by molar-refractivity contribution is -0.140. The summed E-state index contributed by atoms with van der Waals surface area (Å²) >= 11 is 0. The molecular formula is C6H13NO5. The van der Waals surface area contributed by atoms with Gasteiger partial charge in [0.25, 0.3) is 0 Å². The first-order valence-corrected chi connectivity index (χ1v) is 3.44. The zero-order valence-electron chi connectivity index (χ0n) is 6.42. The van der Waals surface area contributed by atoms with Crippen LogP contribution in [0.4, 0.5) is 0 Å². The Bertz CT molecular complexity index is 151. The highest BCUT2D eigenvalue weighted by Gasteiger charge is 2.21. The quantitative estimate of drug-likeness (QED) is 0.318. The molecule has 0 amide bonds. The topological polar surface area (TPSA) is 124 Å². The number of aliphatic carboxylic acids is 1. The zero-order chi connectivity index (χ0) is 9.72. The van der Waals surface area contributed by atoms with E-state index in [9.17, 15) is 4.79 Å². The van der Waals surface area contributed by atoms with Crippen LogP contribution in [0.3, 0.4) is 0 Å². The van der Waals surface area contributed by atoms with Gasteiger partial charge < -0.3 is 26.2 Å². The number of aliphatic hydroxyl groups excluding tert-OH is 3. The average molecular weight is 179 g/mol. The SMILES string of the molecule is NC(C[C@H](O)C(O)CO)C(=O)O. The molecule has 0 fully saturated rings. The highest BCUT2D eigenvalue weighted by molar-refractivity contribution is 5.73. The van der Waals surface area contributed by atoms with E-state index in [1.54, 1.807) is 0 Å². The van der Waals surface area contributed by atoms with Crippen LogP contribution in [0.25, 0.3) is 0 Å². The molecule has 0 rings (SSSR count). The second kappa shape index (κ2) is 5.04. The predicted octanol–water partition coefficient (Wildman–Crippen LogP) is -2.50. The minimum Gasteiger partial charge on any atom is -0.480 e. The Hall–Kier alpha value is -0.690. The molecule has 6 nitrogen and oxygen atoms in total. The van der Waals surface area contributed by atoms with Crippen LogP contribution in [0.5, 0.6) is 0 Å². The average Bonchev–Trinajstić information content (AvgIpc) is 2.02. The molecule has 12 heavy (non-hydrogen) atoms. The molecule has 0 aliphatic carbocycles. The number of nitrogens with two attached hydrogens (primary N) is 1. The molecule has 6 heteroatoms. The number of carbonyl (C=O) groups is 1. The molecule has 0 aliphatic heterocycles. The Morgan fingerprint density at radius 3 is 2.17 bits per heavy atom. The van der Waals surface area contributed by atoms with Crippen LogP contribution in [0.1, 0.15) is 6.42 Å². The number of carboxylic acid groups (broad SMARTS) is 1. The van der Waals surface area contributed by atoms with Gasteiger partial charge in [-0.2, -0.15) is 0 Å². The standard InChI is InChI=1S/C6H13NO5/c7-3(6(11)12)1-4(9)5(10)2-8/h3-5,8-10H,1-2,7H2,(H,11,12)/t3?,4-,5?/m0/s1. The molecule has 0 heterocycles. The molecule has 6 N–H and O–H groups in total. The lowest BCUT2D eigenvalue weighted by Crippen LogP contribution is -2.39. The number of aliphatic hydroxyl groups is 3. The second-order valence-corrected chi connectivity index (χ2v) is 2.50. The van der Waals surface area contributed by atoms with Gasteiger partial charge in [0, 0.05) is 6.42 Å². The third-order valence-electron chi connectivity index (χ3n) is 1.44. The number of hydrogen-bond donors (Lipinski definition) is 5. The highest BCUT2D eigenvalue weighted by atomic mass is 16.4. The number of rotatable bonds is 5. The maximum absolute atomic E-state index is 10.2. The van der Waals surface area contributed by atoms with Crippen LogP contribution in [-0.2, 0) is 4.79 Å². The van der Waals surface area contributed by atoms with Crippen molar-refractivity contribution in [3.8, 4) is 0 Å². The van der Waals surface area contributed by atoms with E-state index in [0.717, 1.165) is 0 Å². The van der Waals surface area contributed by atoms with E-state index >= 15 is 0 Å². The van der Waals surface area contributed by atoms with E-state index in [1.165, 1.54) is 0 Å². The fraction of sp³-hybridized carbons (Fsp3) is 0.833. The van der Waals surface area contributed by atoms with Crippen LogP contribution in [0, 0.1) is 0 Å². The Labute approximate surface area is 69.2 Å². The van der Waals surface area contributed by atoms with Crippen molar-refractivity contribution in [3.63, 3.8) is 0 Å². The summed E-state index contributed by atoms with van der Waals surface area (Å²) in [6, 6.07) is -1.22. The van der Waals surface area contributed by atoms with Crippen LogP contribution in [-0.4, -0.2) is 51.3 Å². The minimum atomic E-state index is -1.34.